The predicted octanol–water partition coefficient (Wildman–Crippen LogP) is 2.61. The molecule has 2 amide bonds. The molecule has 0 saturated carbocycles. The van der Waals surface area contributed by atoms with E-state index in [9.17, 15) is 18.0 Å². The van der Waals surface area contributed by atoms with E-state index in [-0.39, 0.29) is 22.3 Å². The highest BCUT2D eigenvalue weighted by molar-refractivity contribution is 7.89. The molecule has 0 radical (unpaired) electrons. The SMILES string of the molecule is CNC(=O)C(CC(C)C)NC(=O)c1cc(C)c(C)c(S(=O)(=O)N2CCC(C)CC2)c1. The Morgan fingerprint density at radius 2 is 1.77 bits per heavy atom. The van der Waals surface area contributed by atoms with Gasteiger partial charge in [-0.2, -0.15) is 4.31 Å². The second-order valence-electron chi connectivity index (χ2n) is 8.77. The largest absolute Gasteiger partial charge is 0.357 e. The van der Waals surface area contributed by atoms with Gasteiger partial charge >= 0.3 is 0 Å². The quantitative estimate of drug-likeness (QED) is 0.685. The molecule has 2 rings (SSSR count). The first-order chi connectivity index (χ1) is 14.0. The van der Waals surface area contributed by atoms with Crippen LogP contribution in [0, 0.1) is 25.7 Å². The van der Waals surface area contributed by atoms with Crippen molar-refractivity contribution in [2.24, 2.45) is 11.8 Å². The molecule has 1 aromatic rings. The molecule has 1 fully saturated rings. The molecular weight excluding hydrogens is 402 g/mol. The van der Waals surface area contributed by atoms with Crippen molar-refractivity contribution in [2.45, 2.75) is 64.8 Å². The Hall–Kier alpha value is -1.93. The number of likely N-dealkylation sites (N-methyl/N-ethyl adjacent to an activating group) is 1. The molecule has 8 heteroatoms. The summed E-state index contributed by atoms with van der Waals surface area (Å²) in [4.78, 5) is 25.3. The average Bonchev–Trinajstić information content (AvgIpc) is 2.68. The van der Waals surface area contributed by atoms with Gasteiger partial charge < -0.3 is 10.6 Å². The van der Waals surface area contributed by atoms with E-state index in [1.54, 1.807) is 19.9 Å². The van der Waals surface area contributed by atoms with E-state index in [4.69, 9.17) is 0 Å². The molecule has 1 aliphatic rings. The second-order valence-corrected chi connectivity index (χ2v) is 10.7. The van der Waals surface area contributed by atoms with Crippen LogP contribution in [-0.4, -0.2) is 50.7 Å². The minimum atomic E-state index is -3.69. The standard InChI is InChI=1S/C22H35N3O4S/c1-14(2)11-19(22(27)23-6)24-21(26)18-12-16(4)17(5)20(13-18)30(28,29)25-9-7-15(3)8-10-25/h12-15,19H,7-11H2,1-6H3,(H,23,27)(H,24,26). The Kier molecular flexibility index (Phi) is 8.05. The van der Waals surface area contributed by atoms with E-state index >= 15 is 0 Å². The van der Waals surface area contributed by atoms with Gasteiger partial charge in [0.15, 0.2) is 0 Å². The maximum Gasteiger partial charge on any atom is 0.251 e. The monoisotopic (exact) mass is 437 g/mol. The van der Waals surface area contributed by atoms with Crippen molar-refractivity contribution in [1.29, 1.82) is 0 Å². The molecule has 1 unspecified atom stereocenters. The number of rotatable bonds is 7. The molecule has 2 N–H and O–H groups in total. The fourth-order valence-corrected chi connectivity index (χ4v) is 5.50. The topological polar surface area (TPSA) is 95.6 Å². The van der Waals surface area contributed by atoms with Gasteiger partial charge in [-0.05, 0) is 68.2 Å². The number of nitrogens with zero attached hydrogens (tertiary/aromatic N) is 1. The summed E-state index contributed by atoms with van der Waals surface area (Å²) in [6.45, 7) is 10.6. The number of amides is 2. The number of hydrogen-bond donors (Lipinski definition) is 2. The lowest BCUT2D eigenvalue weighted by atomic mass is 10.0. The summed E-state index contributed by atoms with van der Waals surface area (Å²) in [5.74, 6) is 0.0102. The molecule has 0 aromatic heterocycles. The minimum absolute atomic E-state index is 0.169. The van der Waals surface area contributed by atoms with E-state index in [2.05, 4.69) is 17.6 Å². The first kappa shape index (κ1) is 24.3. The summed E-state index contributed by atoms with van der Waals surface area (Å²) >= 11 is 0. The van der Waals surface area contributed by atoms with Crippen molar-refractivity contribution >= 4 is 21.8 Å². The molecule has 0 aliphatic carbocycles. The van der Waals surface area contributed by atoms with Crippen LogP contribution in [0.5, 0.6) is 0 Å². The van der Waals surface area contributed by atoms with Crippen LogP contribution in [0.15, 0.2) is 17.0 Å². The summed E-state index contributed by atoms with van der Waals surface area (Å²) in [7, 11) is -2.16. The smallest absolute Gasteiger partial charge is 0.251 e. The fourth-order valence-electron chi connectivity index (χ4n) is 3.71. The van der Waals surface area contributed by atoms with Crippen LogP contribution >= 0.6 is 0 Å². The lowest BCUT2D eigenvalue weighted by Crippen LogP contribution is -2.46. The lowest BCUT2D eigenvalue weighted by Gasteiger charge is -2.30. The summed E-state index contributed by atoms with van der Waals surface area (Å²) in [5, 5.41) is 5.34. The van der Waals surface area contributed by atoms with Gasteiger partial charge in [-0.3, -0.25) is 9.59 Å². The van der Waals surface area contributed by atoms with Crippen LogP contribution in [0.25, 0.3) is 0 Å². The molecule has 30 heavy (non-hydrogen) atoms. The lowest BCUT2D eigenvalue weighted by molar-refractivity contribution is -0.122. The molecule has 1 aliphatic heterocycles. The Morgan fingerprint density at radius 3 is 2.30 bits per heavy atom. The highest BCUT2D eigenvalue weighted by atomic mass is 32.2. The van der Waals surface area contributed by atoms with Crippen molar-refractivity contribution in [3.63, 3.8) is 0 Å². The Bertz CT molecular complexity index is 888. The van der Waals surface area contributed by atoms with Gasteiger partial charge in [0.1, 0.15) is 6.04 Å². The van der Waals surface area contributed by atoms with Gasteiger partial charge in [-0.15, -0.1) is 0 Å². The number of benzene rings is 1. The summed E-state index contributed by atoms with van der Waals surface area (Å²) < 4.78 is 28.1. The van der Waals surface area contributed by atoms with Gasteiger partial charge in [-0.25, -0.2) is 8.42 Å². The highest BCUT2D eigenvalue weighted by Gasteiger charge is 2.31. The van der Waals surface area contributed by atoms with Crippen LogP contribution < -0.4 is 10.6 Å². The van der Waals surface area contributed by atoms with Gasteiger partial charge in [0.2, 0.25) is 15.9 Å². The normalized spacial score (nSPS) is 17.0. The molecule has 0 bridgehead atoms. The number of sulfonamides is 1. The van der Waals surface area contributed by atoms with Gasteiger partial charge in [-0.1, -0.05) is 20.8 Å². The first-order valence-electron chi connectivity index (χ1n) is 10.6. The molecule has 1 saturated heterocycles. The van der Waals surface area contributed by atoms with Crippen LogP contribution in [0.3, 0.4) is 0 Å². The molecule has 0 spiro atoms. The zero-order chi connectivity index (χ0) is 22.6. The van der Waals surface area contributed by atoms with E-state index in [0.717, 1.165) is 18.4 Å². The summed E-state index contributed by atoms with van der Waals surface area (Å²) in [6, 6.07) is 2.45. The number of piperidine rings is 1. The average molecular weight is 438 g/mol. The molecular formula is C22H35N3O4S. The number of hydrogen-bond acceptors (Lipinski definition) is 4. The van der Waals surface area contributed by atoms with Crippen LogP contribution in [-0.2, 0) is 14.8 Å². The Morgan fingerprint density at radius 1 is 1.17 bits per heavy atom. The summed E-state index contributed by atoms with van der Waals surface area (Å²) in [6.07, 6.45) is 2.16. The molecule has 1 aromatic carbocycles. The number of aryl methyl sites for hydroxylation is 1. The first-order valence-corrected chi connectivity index (χ1v) is 12.0. The van der Waals surface area contributed by atoms with Crippen molar-refractivity contribution in [2.75, 3.05) is 20.1 Å². The van der Waals surface area contributed by atoms with Crippen LogP contribution in [0.4, 0.5) is 0 Å². The maximum absolute atomic E-state index is 13.3. The maximum atomic E-state index is 13.3. The highest BCUT2D eigenvalue weighted by Crippen LogP contribution is 2.28. The van der Waals surface area contributed by atoms with Crippen molar-refractivity contribution in [3.05, 3.63) is 28.8 Å². The molecule has 1 atom stereocenters. The van der Waals surface area contributed by atoms with Crippen molar-refractivity contribution in [1.82, 2.24) is 14.9 Å². The predicted molar refractivity (Wildman–Crippen MR) is 118 cm³/mol. The minimum Gasteiger partial charge on any atom is -0.357 e. The van der Waals surface area contributed by atoms with E-state index in [0.29, 0.717) is 31.0 Å². The fraction of sp³-hybridized carbons (Fsp3) is 0.636. The van der Waals surface area contributed by atoms with Gasteiger partial charge in [0.05, 0.1) is 4.90 Å². The van der Waals surface area contributed by atoms with Crippen molar-refractivity contribution in [3.8, 4) is 0 Å². The number of nitrogens with one attached hydrogen (secondary N) is 2. The second kappa shape index (κ2) is 9.92. The number of carbonyl (C=O) groups excluding carboxylic acids is 2. The van der Waals surface area contributed by atoms with Crippen LogP contribution in [0.1, 0.15) is 61.5 Å². The molecule has 7 nitrogen and oxygen atoms in total. The Labute approximate surface area is 180 Å². The van der Waals surface area contributed by atoms with E-state index in [1.165, 1.54) is 17.4 Å². The summed E-state index contributed by atoms with van der Waals surface area (Å²) in [5.41, 5.74) is 1.63. The third-order valence-corrected chi connectivity index (χ3v) is 7.84. The van der Waals surface area contributed by atoms with E-state index in [1.807, 2.05) is 13.8 Å². The number of carbonyl (C=O) groups is 2. The zero-order valence-corrected chi connectivity index (χ0v) is 19.7. The van der Waals surface area contributed by atoms with Gasteiger partial charge in [0.25, 0.3) is 5.91 Å². The van der Waals surface area contributed by atoms with E-state index < -0.39 is 22.0 Å². The molecule has 168 valence electrons. The van der Waals surface area contributed by atoms with Crippen molar-refractivity contribution < 1.29 is 18.0 Å². The molecule has 1 heterocycles. The zero-order valence-electron chi connectivity index (χ0n) is 18.9. The third kappa shape index (κ3) is 5.60. The van der Waals surface area contributed by atoms with Crippen LogP contribution in [0.2, 0.25) is 0 Å². The third-order valence-electron chi connectivity index (χ3n) is 5.82. The Balaban J connectivity index is 2.35. The van der Waals surface area contributed by atoms with Gasteiger partial charge in [0, 0.05) is 25.7 Å².